The molecule has 0 amide bonds. The SMILES string of the molecule is COc1nc(OC)nc(-n2c(N)nc3cc(Cl)ccc32)n1. The van der Waals surface area contributed by atoms with E-state index in [9.17, 15) is 0 Å². The maximum absolute atomic E-state index is 5.95. The van der Waals surface area contributed by atoms with E-state index in [4.69, 9.17) is 26.8 Å². The second-order valence-corrected chi connectivity index (χ2v) is 4.48. The molecule has 0 aliphatic carbocycles. The molecule has 9 heteroatoms. The van der Waals surface area contributed by atoms with Gasteiger partial charge in [-0.3, -0.25) is 0 Å². The average Bonchev–Trinajstić information content (AvgIpc) is 2.81. The minimum absolute atomic E-state index is 0.118. The van der Waals surface area contributed by atoms with Crippen molar-refractivity contribution in [2.24, 2.45) is 0 Å². The van der Waals surface area contributed by atoms with Crippen LogP contribution in [0.5, 0.6) is 12.0 Å². The fraction of sp³-hybridized carbons (Fsp3) is 0.167. The summed E-state index contributed by atoms with van der Waals surface area (Å²) >= 11 is 5.95. The highest BCUT2D eigenvalue weighted by Gasteiger charge is 2.15. The molecule has 0 saturated heterocycles. The van der Waals surface area contributed by atoms with Crippen molar-refractivity contribution < 1.29 is 9.47 Å². The molecule has 3 aromatic rings. The molecule has 0 fully saturated rings. The van der Waals surface area contributed by atoms with Crippen molar-refractivity contribution in [2.45, 2.75) is 0 Å². The Kier molecular flexibility index (Phi) is 3.22. The summed E-state index contributed by atoms with van der Waals surface area (Å²) in [4.78, 5) is 16.5. The first-order valence-electron chi connectivity index (χ1n) is 5.90. The highest BCUT2D eigenvalue weighted by Crippen LogP contribution is 2.25. The monoisotopic (exact) mass is 306 g/mol. The Hall–Kier alpha value is -2.61. The zero-order valence-corrected chi connectivity index (χ0v) is 12.0. The molecule has 21 heavy (non-hydrogen) atoms. The van der Waals surface area contributed by atoms with E-state index in [0.29, 0.717) is 16.1 Å². The largest absolute Gasteiger partial charge is 0.467 e. The zero-order valence-electron chi connectivity index (χ0n) is 11.2. The molecule has 1 aromatic carbocycles. The van der Waals surface area contributed by atoms with Gasteiger partial charge in [-0.1, -0.05) is 11.6 Å². The molecule has 0 aliphatic heterocycles. The lowest BCUT2D eigenvalue weighted by atomic mass is 10.3. The van der Waals surface area contributed by atoms with E-state index in [1.54, 1.807) is 22.8 Å². The number of nitrogens with zero attached hydrogens (tertiary/aromatic N) is 5. The van der Waals surface area contributed by atoms with Crippen molar-refractivity contribution in [2.75, 3.05) is 20.0 Å². The lowest BCUT2D eigenvalue weighted by molar-refractivity contribution is 0.339. The predicted octanol–water partition coefficient (Wildman–Crippen LogP) is 1.46. The van der Waals surface area contributed by atoms with Crippen LogP contribution in [-0.4, -0.2) is 38.7 Å². The number of anilines is 1. The Labute approximate surface area is 124 Å². The Morgan fingerprint density at radius 1 is 1.05 bits per heavy atom. The highest BCUT2D eigenvalue weighted by molar-refractivity contribution is 6.31. The van der Waals surface area contributed by atoms with Crippen molar-refractivity contribution in [1.29, 1.82) is 0 Å². The molecule has 0 bridgehead atoms. The second-order valence-electron chi connectivity index (χ2n) is 4.05. The van der Waals surface area contributed by atoms with Crippen molar-refractivity contribution in [1.82, 2.24) is 24.5 Å². The summed E-state index contributed by atoms with van der Waals surface area (Å²) in [5.41, 5.74) is 7.30. The van der Waals surface area contributed by atoms with Gasteiger partial charge >= 0.3 is 12.0 Å². The van der Waals surface area contributed by atoms with Crippen LogP contribution in [0.25, 0.3) is 17.0 Å². The first-order chi connectivity index (χ1) is 10.1. The summed E-state index contributed by atoms with van der Waals surface area (Å²) in [5, 5.41) is 0.568. The van der Waals surface area contributed by atoms with E-state index in [0.717, 1.165) is 0 Å². The maximum Gasteiger partial charge on any atom is 0.324 e. The Morgan fingerprint density at radius 3 is 2.33 bits per heavy atom. The highest BCUT2D eigenvalue weighted by atomic mass is 35.5. The number of fused-ring (bicyclic) bond motifs is 1. The molecule has 108 valence electrons. The Balaban J connectivity index is 2.27. The minimum atomic E-state index is 0.118. The van der Waals surface area contributed by atoms with Crippen molar-refractivity contribution in [3.63, 3.8) is 0 Å². The van der Waals surface area contributed by atoms with E-state index in [1.807, 2.05) is 0 Å². The second kappa shape index (κ2) is 5.06. The van der Waals surface area contributed by atoms with E-state index < -0.39 is 0 Å². The van der Waals surface area contributed by atoms with Gasteiger partial charge in [-0.2, -0.15) is 9.97 Å². The molecule has 8 nitrogen and oxygen atoms in total. The first-order valence-corrected chi connectivity index (χ1v) is 6.28. The normalized spacial score (nSPS) is 10.8. The lowest BCUT2D eigenvalue weighted by Crippen LogP contribution is -2.08. The van der Waals surface area contributed by atoms with E-state index in [2.05, 4.69) is 19.9 Å². The van der Waals surface area contributed by atoms with Gasteiger partial charge in [0, 0.05) is 5.02 Å². The maximum atomic E-state index is 5.95. The number of hydrogen-bond acceptors (Lipinski definition) is 7. The van der Waals surface area contributed by atoms with Gasteiger partial charge in [0.25, 0.3) is 0 Å². The summed E-state index contributed by atoms with van der Waals surface area (Å²) < 4.78 is 11.6. The molecule has 3 rings (SSSR count). The molecule has 2 N–H and O–H groups in total. The van der Waals surface area contributed by atoms with Gasteiger partial charge in [-0.15, -0.1) is 4.98 Å². The predicted molar refractivity (Wildman–Crippen MR) is 77.0 cm³/mol. The van der Waals surface area contributed by atoms with Crippen LogP contribution in [0.3, 0.4) is 0 Å². The third kappa shape index (κ3) is 2.29. The van der Waals surface area contributed by atoms with Gasteiger partial charge in [0.05, 0.1) is 25.3 Å². The number of imidazole rings is 1. The van der Waals surface area contributed by atoms with Crippen LogP contribution in [0.1, 0.15) is 0 Å². The van der Waals surface area contributed by atoms with Crippen LogP contribution in [0.2, 0.25) is 5.02 Å². The number of ether oxygens (including phenoxy) is 2. The van der Waals surface area contributed by atoms with E-state index in [-0.39, 0.29) is 23.9 Å². The number of rotatable bonds is 3. The average molecular weight is 307 g/mol. The number of aromatic nitrogens is 5. The van der Waals surface area contributed by atoms with Crippen LogP contribution < -0.4 is 15.2 Å². The summed E-state index contributed by atoms with van der Waals surface area (Å²) in [5.74, 6) is 0.476. The van der Waals surface area contributed by atoms with E-state index in [1.165, 1.54) is 14.2 Å². The van der Waals surface area contributed by atoms with Crippen LogP contribution in [0.4, 0.5) is 5.95 Å². The van der Waals surface area contributed by atoms with Gasteiger partial charge in [0.1, 0.15) is 0 Å². The summed E-state index contributed by atoms with van der Waals surface area (Å²) in [6.45, 7) is 0. The van der Waals surface area contributed by atoms with Crippen molar-refractivity contribution in [3.05, 3.63) is 23.2 Å². The number of nitrogen functional groups attached to an aromatic ring is 1. The zero-order chi connectivity index (χ0) is 15.0. The molecule has 0 radical (unpaired) electrons. The molecule has 0 saturated carbocycles. The van der Waals surface area contributed by atoms with Gasteiger partial charge < -0.3 is 15.2 Å². The van der Waals surface area contributed by atoms with Crippen molar-refractivity contribution >= 4 is 28.6 Å². The topological polar surface area (TPSA) is 101 Å². The number of nitrogens with two attached hydrogens (primary N) is 1. The van der Waals surface area contributed by atoms with Gasteiger partial charge in [0.2, 0.25) is 11.9 Å². The van der Waals surface area contributed by atoms with E-state index >= 15 is 0 Å². The minimum Gasteiger partial charge on any atom is -0.467 e. The van der Waals surface area contributed by atoms with Gasteiger partial charge in [0.15, 0.2) is 0 Å². The summed E-state index contributed by atoms with van der Waals surface area (Å²) in [7, 11) is 2.90. The molecular weight excluding hydrogens is 296 g/mol. The standard InChI is InChI=1S/C12H11ClN6O2/c1-20-11-16-10(17-12(18-11)21-2)19-8-4-3-6(13)5-7(8)15-9(19)14/h3-5H,1-2H3,(H2,14,15). The van der Waals surface area contributed by atoms with Gasteiger partial charge in [-0.05, 0) is 18.2 Å². The molecule has 0 spiro atoms. The Morgan fingerprint density at radius 2 is 1.71 bits per heavy atom. The molecule has 0 unspecified atom stereocenters. The summed E-state index contributed by atoms with van der Waals surface area (Å²) in [6, 6.07) is 5.46. The fourth-order valence-corrected chi connectivity index (χ4v) is 2.06. The third-order valence-corrected chi connectivity index (χ3v) is 3.03. The number of benzene rings is 1. The Bertz CT molecular complexity index is 797. The lowest BCUT2D eigenvalue weighted by Gasteiger charge is -2.07. The molecule has 0 atom stereocenters. The van der Waals surface area contributed by atoms with Crippen LogP contribution in [0.15, 0.2) is 18.2 Å². The number of methoxy groups -OCH3 is 2. The summed E-state index contributed by atoms with van der Waals surface area (Å²) in [6.07, 6.45) is 0. The molecule has 0 aliphatic rings. The van der Waals surface area contributed by atoms with Crippen LogP contribution in [-0.2, 0) is 0 Å². The molecular formula is C12H11ClN6O2. The molecule has 2 heterocycles. The molecule has 2 aromatic heterocycles. The smallest absolute Gasteiger partial charge is 0.324 e. The third-order valence-electron chi connectivity index (χ3n) is 2.79. The van der Waals surface area contributed by atoms with Crippen molar-refractivity contribution in [3.8, 4) is 18.0 Å². The fourth-order valence-electron chi connectivity index (χ4n) is 1.89. The quantitative estimate of drug-likeness (QED) is 0.781. The first kappa shape index (κ1) is 13.4. The number of halogens is 1. The van der Waals surface area contributed by atoms with Crippen LogP contribution >= 0.6 is 11.6 Å². The number of hydrogen-bond donors (Lipinski definition) is 1. The van der Waals surface area contributed by atoms with Crippen LogP contribution in [0, 0.1) is 0 Å². The van der Waals surface area contributed by atoms with Gasteiger partial charge in [-0.25, -0.2) is 9.55 Å².